The Balaban J connectivity index is 2.70. The molecule has 0 spiro atoms. The minimum absolute atomic E-state index is 0.212. The molecule has 3 N–H and O–H groups in total. The molecule has 7 heteroatoms. The maximum absolute atomic E-state index is 12.0. The smallest absolute Gasteiger partial charge is 0.319 e. The summed E-state index contributed by atoms with van der Waals surface area (Å²) < 4.78 is 0. The van der Waals surface area contributed by atoms with Crippen LogP contribution in [0, 0.1) is 0 Å². The van der Waals surface area contributed by atoms with Crippen molar-refractivity contribution in [2.75, 3.05) is 30.9 Å². The van der Waals surface area contributed by atoms with E-state index in [0.29, 0.717) is 22.9 Å². The van der Waals surface area contributed by atoms with Crippen molar-refractivity contribution in [2.24, 2.45) is 0 Å². The third-order valence-corrected chi connectivity index (χ3v) is 3.28. The summed E-state index contributed by atoms with van der Waals surface area (Å²) in [5.41, 5.74) is 1.29. The Labute approximate surface area is 136 Å². The van der Waals surface area contributed by atoms with Gasteiger partial charge in [0.15, 0.2) is 0 Å². The first kappa shape index (κ1) is 18.1. The molecule has 1 aromatic carbocycles. The van der Waals surface area contributed by atoms with Crippen molar-refractivity contribution in [3.63, 3.8) is 0 Å². The number of para-hydroxylation sites is 1. The standard InChI is InChI=1S/C15H23ClN4O2/c1-5-9-17-14(21)10(2)18-15(22)19-12-8-6-7-11(16)13(12)20(3)4/h6-8,10H,5,9H2,1-4H3,(H,17,21)(H2,18,19,22)/t10-/m1/s1. The lowest BCUT2D eigenvalue weighted by Crippen LogP contribution is -2.46. The van der Waals surface area contributed by atoms with Gasteiger partial charge in [0.25, 0.3) is 0 Å². The summed E-state index contributed by atoms with van der Waals surface area (Å²) in [5.74, 6) is -0.212. The zero-order valence-corrected chi connectivity index (χ0v) is 14.1. The van der Waals surface area contributed by atoms with Crippen LogP contribution in [0.5, 0.6) is 0 Å². The predicted octanol–water partition coefficient (Wildman–Crippen LogP) is 2.44. The molecule has 3 amide bonds. The number of hydrogen-bond acceptors (Lipinski definition) is 3. The first-order chi connectivity index (χ1) is 10.4. The number of nitrogens with one attached hydrogen (secondary N) is 3. The van der Waals surface area contributed by atoms with Crippen LogP contribution >= 0.6 is 11.6 Å². The van der Waals surface area contributed by atoms with Crippen LogP contribution in [-0.4, -0.2) is 38.6 Å². The highest BCUT2D eigenvalue weighted by Gasteiger charge is 2.16. The van der Waals surface area contributed by atoms with Gasteiger partial charge in [0.2, 0.25) is 5.91 Å². The van der Waals surface area contributed by atoms with E-state index in [9.17, 15) is 9.59 Å². The number of anilines is 2. The maximum atomic E-state index is 12.0. The Morgan fingerprint density at radius 3 is 2.59 bits per heavy atom. The van der Waals surface area contributed by atoms with Crippen LogP contribution in [0.1, 0.15) is 20.3 Å². The topological polar surface area (TPSA) is 73.5 Å². The highest BCUT2D eigenvalue weighted by molar-refractivity contribution is 6.34. The average Bonchev–Trinajstić information content (AvgIpc) is 2.44. The van der Waals surface area contributed by atoms with E-state index < -0.39 is 12.1 Å². The molecule has 0 aliphatic carbocycles. The van der Waals surface area contributed by atoms with Crippen molar-refractivity contribution in [1.82, 2.24) is 10.6 Å². The van der Waals surface area contributed by atoms with E-state index in [-0.39, 0.29) is 5.91 Å². The molecule has 0 radical (unpaired) electrons. The van der Waals surface area contributed by atoms with Gasteiger partial charge < -0.3 is 20.9 Å². The van der Waals surface area contributed by atoms with E-state index in [1.54, 1.807) is 25.1 Å². The van der Waals surface area contributed by atoms with Crippen molar-refractivity contribution < 1.29 is 9.59 Å². The number of nitrogens with zero attached hydrogens (tertiary/aromatic N) is 1. The third-order valence-electron chi connectivity index (χ3n) is 2.97. The molecule has 0 aliphatic heterocycles. The first-order valence-electron chi connectivity index (χ1n) is 7.17. The molecule has 22 heavy (non-hydrogen) atoms. The van der Waals surface area contributed by atoms with Gasteiger partial charge in [0.05, 0.1) is 16.4 Å². The third kappa shape index (κ3) is 5.11. The quantitative estimate of drug-likeness (QED) is 0.751. The summed E-state index contributed by atoms with van der Waals surface area (Å²) in [5, 5.41) is 8.59. The Morgan fingerprint density at radius 1 is 1.32 bits per heavy atom. The Bertz CT molecular complexity index is 534. The number of halogens is 1. The van der Waals surface area contributed by atoms with Gasteiger partial charge in [-0.2, -0.15) is 0 Å². The van der Waals surface area contributed by atoms with Crippen LogP contribution in [0.3, 0.4) is 0 Å². The highest BCUT2D eigenvalue weighted by atomic mass is 35.5. The number of benzene rings is 1. The molecule has 0 aromatic heterocycles. The van der Waals surface area contributed by atoms with E-state index in [1.165, 1.54) is 0 Å². The second-order valence-electron chi connectivity index (χ2n) is 5.14. The van der Waals surface area contributed by atoms with Gasteiger partial charge in [-0.3, -0.25) is 4.79 Å². The minimum atomic E-state index is -0.617. The Morgan fingerprint density at radius 2 is 2.00 bits per heavy atom. The molecule has 122 valence electrons. The second-order valence-corrected chi connectivity index (χ2v) is 5.55. The zero-order chi connectivity index (χ0) is 16.7. The van der Waals surface area contributed by atoms with Gasteiger partial charge in [0, 0.05) is 20.6 Å². The van der Waals surface area contributed by atoms with Gasteiger partial charge >= 0.3 is 6.03 Å². The van der Waals surface area contributed by atoms with E-state index in [4.69, 9.17) is 11.6 Å². The predicted molar refractivity (Wildman–Crippen MR) is 90.7 cm³/mol. The van der Waals surface area contributed by atoms with Gasteiger partial charge in [-0.15, -0.1) is 0 Å². The molecule has 0 saturated heterocycles. The normalized spacial score (nSPS) is 11.5. The molecule has 1 atom stereocenters. The van der Waals surface area contributed by atoms with Crippen molar-refractivity contribution in [3.8, 4) is 0 Å². The summed E-state index contributed by atoms with van der Waals surface area (Å²) in [6.45, 7) is 4.19. The summed E-state index contributed by atoms with van der Waals surface area (Å²) in [4.78, 5) is 25.6. The fourth-order valence-electron chi connectivity index (χ4n) is 1.89. The number of hydrogen-bond donors (Lipinski definition) is 3. The van der Waals surface area contributed by atoms with E-state index >= 15 is 0 Å². The van der Waals surface area contributed by atoms with Crippen LogP contribution in [-0.2, 0) is 4.79 Å². The molecule has 1 aromatic rings. The SMILES string of the molecule is CCCNC(=O)[C@@H](C)NC(=O)Nc1cccc(Cl)c1N(C)C. The van der Waals surface area contributed by atoms with Crippen molar-refractivity contribution in [1.29, 1.82) is 0 Å². The monoisotopic (exact) mass is 326 g/mol. The number of urea groups is 1. The van der Waals surface area contributed by atoms with Crippen molar-refractivity contribution in [3.05, 3.63) is 23.2 Å². The number of carbonyl (C=O) groups excluding carboxylic acids is 2. The molecule has 0 fully saturated rings. The van der Waals surface area contributed by atoms with Crippen molar-refractivity contribution in [2.45, 2.75) is 26.3 Å². The lowest BCUT2D eigenvalue weighted by Gasteiger charge is -2.20. The average molecular weight is 327 g/mol. The molecule has 6 nitrogen and oxygen atoms in total. The van der Waals surface area contributed by atoms with Crippen molar-refractivity contribution >= 4 is 34.9 Å². The lowest BCUT2D eigenvalue weighted by molar-refractivity contribution is -0.122. The van der Waals surface area contributed by atoms with E-state index in [1.807, 2.05) is 25.9 Å². The number of rotatable bonds is 6. The zero-order valence-electron chi connectivity index (χ0n) is 13.4. The first-order valence-corrected chi connectivity index (χ1v) is 7.55. The Kier molecular flexibility index (Phi) is 6.98. The van der Waals surface area contributed by atoms with Crippen LogP contribution in [0.25, 0.3) is 0 Å². The summed E-state index contributed by atoms with van der Waals surface area (Å²) >= 11 is 6.14. The lowest BCUT2D eigenvalue weighted by atomic mass is 10.2. The summed E-state index contributed by atoms with van der Waals surface area (Å²) in [6.07, 6.45) is 0.847. The largest absolute Gasteiger partial charge is 0.375 e. The molecule has 0 unspecified atom stereocenters. The molecular formula is C15H23ClN4O2. The van der Waals surface area contributed by atoms with E-state index in [0.717, 1.165) is 6.42 Å². The Hall–Kier alpha value is -1.95. The molecule has 0 saturated carbocycles. The molecule has 0 aliphatic rings. The van der Waals surface area contributed by atoms with Crippen LogP contribution < -0.4 is 20.9 Å². The molecule has 0 heterocycles. The number of amides is 3. The number of carbonyl (C=O) groups is 2. The molecule has 1 rings (SSSR count). The van der Waals surface area contributed by atoms with Crippen LogP contribution in [0.2, 0.25) is 5.02 Å². The fraction of sp³-hybridized carbons (Fsp3) is 0.467. The van der Waals surface area contributed by atoms with Crippen LogP contribution in [0.4, 0.5) is 16.2 Å². The maximum Gasteiger partial charge on any atom is 0.319 e. The summed E-state index contributed by atoms with van der Waals surface area (Å²) in [7, 11) is 3.68. The summed E-state index contributed by atoms with van der Waals surface area (Å²) in [6, 6.07) is 4.18. The van der Waals surface area contributed by atoms with Gasteiger partial charge in [-0.05, 0) is 25.5 Å². The second kappa shape index (κ2) is 8.48. The van der Waals surface area contributed by atoms with Gasteiger partial charge in [-0.1, -0.05) is 24.6 Å². The van der Waals surface area contributed by atoms with Crippen LogP contribution in [0.15, 0.2) is 18.2 Å². The highest BCUT2D eigenvalue weighted by Crippen LogP contribution is 2.32. The molecular weight excluding hydrogens is 304 g/mol. The fourth-order valence-corrected chi connectivity index (χ4v) is 2.24. The van der Waals surface area contributed by atoms with Gasteiger partial charge in [0.1, 0.15) is 6.04 Å². The minimum Gasteiger partial charge on any atom is -0.375 e. The molecule has 0 bridgehead atoms. The van der Waals surface area contributed by atoms with Gasteiger partial charge in [-0.25, -0.2) is 4.79 Å². The van der Waals surface area contributed by atoms with E-state index in [2.05, 4.69) is 16.0 Å².